The number of alkyl halides is 3. The van der Waals surface area contributed by atoms with Gasteiger partial charge in [-0.25, -0.2) is 18.1 Å². The third-order valence-electron chi connectivity index (χ3n) is 5.09. The van der Waals surface area contributed by atoms with Gasteiger partial charge in [-0.1, -0.05) is 53.6 Å². The summed E-state index contributed by atoms with van der Waals surface area (Å²) >= 11 is 7.04. The van der Waals surface area contributed by atoms with Crippen LogP contribution in [0.3, 0.4) is 0 Å². The van der Waals surface area contributed by atoms with Crippen molar-refractivity contribution < 1.29 is 26.4 Å². The fourth-order valence-electron chi connectivity index (χ4n) is 3.22. The molecule has 2 aromatic carbocycles. The molecule has 0 saturated heterocycles. The SMILES string of the molecule is Cc1ccccc1C(=O)c1cnc(NCCCCCNS(=O)(=O)c2ccc(C(F)(F)F)cc2Cl)s1. The first-order chi connectivity index (χ1) is 16.5. The van der Waals surface area contributed by atoms with Crippen molar-refractivity contribution in [2.45, 2.75) is 37.3 Å². The predicted molar refractivity (Wildman–Crippen MR) is 131 cm³/mol. The van der Waals surface area contributed by atoms with Crippen LogP contribution in [0.4, 0.5) is 18.3 Å². The van der Waals surface area contributed by atoms with Crippen LogP contribution >= 0.6 is 22.9 Å². The Morgan fingerprint density at radius 1 is 1.09 bits per heavy atom. The number of aryl methyl sites for hydroxylation is 1. The first-order valence-corrected chi connectivity index (χ1v) is 13.3. The van der Waals surface area contributed by atoms with Crippen LogP contribution in [0.25, 0.3) is 0 Å². The Balaban J connectivity index is 1.40. The van der Waals surface area contributed by atoms with Gasteiger partial charge in [-0.3, -0.25) is 4.79 Å². The third kappa shape index (κ3) is 7.26. The highest BCUT2D eigenvalue weighted by molar-refractivity contribution is 7.89. The van der Waals surface area contributed by atoms with Crippen molar-refractivity contribution in [2.24, 2.45) is 0 Å². The van der Waals surface area contributed by atoms with Gasteiger partial charge in [0.05, 0.1) is 21.7 Å². The molecule has 0 atom stereocenters. The van der Waals surface area contributed by atoms with Crippen LogP contribution in [0.15, 0.2) is 53.6 Å². The molecule has 0 aliphatic rings. The molecule has 1 heterocycles. The highest BCUT2D eigenvalue weighted by Gasteiger charge is 2.32. The molecule has 0 aliphatic heterocycles. The van der Waals surface area contributed by atoms with Crippen LogP contribution in [0.1, 0.15) is 45.6 Å². The lowest BCUT2D eigenvalue weighted by Gasteiger charge is -2.11. The number of ketones is 1. The number of hydrogen-bond acceptors (Lipinski definition) is 6. The van der Waals surface area contributed by atoms with Crippen LogP contribution < -0.4 is 10.0 Å². The minimum absolute atomic E-state index is 0.0749. The zero-order valence-corrected chi connectivity index (χ0v) is 21.0. The number of carbonyl (C=O) groups is 1. The molecular weight excluding hydrogens is 523 g/mol. The summed E-state index contributed by atoms with van der Waals surface area (Å²) in [6, 6.07) is 9.49. The van der Waals surface area contributed by atoms with Crippen molar-refractivity contribution in [1.29, 1.82) is 0 Å². The monoisotopic (exact) mass is 545 g/mol. The van der Waals surface area contributed by atoms with Gasteiger partial charge in [-0.2, -0.15) is 13.2 Å². The van der Waals surface area contributed by atoms with Crippen LogP contribution in [0, 0.1) is 6.92 Å². The van der Waals surface area contributed by atoms with Gasteiger partial charge in [0.1, 0.15) is 4.90 Å². The number of carbonyl (C=O) groups excluding carboxylic acids is 1. The van der Waals surface area contributed by atoms with Gasteiger partial charge in [-0.15, -0.1) is 0 Å². The normalized spacial score (nSPS) is 12.0. The van der Waals surface area contributed by atoms with Gasteiger partial charge in [0.2, 0.25) is 15.8 Å². The molecule has 3 aromatic rings. The summed E-state index contributed by atoms with van der Waals surface area (Å²) in [6.45, 7) is 2.58. The van der Waals surface area contributed by atoms with Crippen molar-refractivity contribution in [3.8, 4) is 0 Å². The molecular formula is C23H23ClF3N3O3S2. The highest BCUT2D eigenvalue weighted by Crippen LogP contribution is 2.33. The van der Waals surface area contributed by atoms with E-state index in [9.17, 15) is 26.4 Å². The second-order valence-electron chi connectivity index (χ2n) is 7.70. The van der Waals surface area contributed by atoms with Crippen LogP contribution in [-0.4, -0.2) is 32.3 Å². The Bertz CT molecular complexity index is 1290. The van der Waals surface area contributed by atoms with E-state index in [1.807, 2.05) is 25.1 Å². The standard InChI is InChI=1S/C23H23ClF3N3O3S2/c1-15-7-3-4-8-17(15)21(31)19-14-29-22(34-19)28-11-5-2-6-12-30-35(32,33)20-10-9-16(13-18(20)24)23(25,26)27/h3-4,7-10,13-14,30H,2,5-6,11-12H2,1H3,(H,28,29). The van der Waals surface area contributed by atoms with E-state index in [-0.39, 0.29) is 12.3 Å². The van der Waals surface area contributed by atoms with Crippen molar-refractivity contribution in [3.63, 3.8) is 0 Å². The lowest BCUT2D eigenvalue weighted by Crippen LogP contribution is -2.25. The number of anilines is 1. The molecule has 3 rings (SSSR count). The number of sulfonamides is 1. The Morgan fingerprint density at radius 3 is 2.49 bits per heavy atom. The number of unbranched alkanes of at least 4 members (excludes halogenated alkanes) is 2. The van der Waals surface area contributed by atoms with Gasteiger partial charge >= 0.3 is 6.18 Å². The maximum atomic E-state index is 12.7. The Hall–Kier alpha value is -2.47. The van der Waals surface area contributed by atoms with E-state index in [1.165, 1.54) is 11.3 Å². The second-order valence-corrected chi connectivity index (χ2v) is 10.9. The molecule has 0 amide bonds. The molecule has 188 valence electrons. The average molecular weight is 546 g/mol. The molecule has 2 N–H and O–H groups in total. The average Bonchev–Trinajstić information content (AvgIpc) is 3.26. The van der Waals surface area contributed by atoms with E-state index >= 15 is 0 Å². The predicted octanol–water partition coefficient (Wildman–Crippen LogP) is 5.92. The molecule has 0 aliphatic carbocycles. The fourth-order valence-corrected chi connectivity index (χ4v) is 5.64. The number of nitrogens with one attached hydrogen (secondary N) is 2. The number of rotatable bonds is 11. The van der Waals surface area contributed by atoms with E-state index in [2.05, 4.69) is 15.0 Å². The van der Waals surface area contributed by atoms with Crippen LogP contribution in [-0.2, 0) is 16.2 Å². The number of benzene rings is 2. The number of nitrogens with zero attached hydrogens (tertiary/aromatic N) is 1. The summed E-state index contributed by atoms with van der Waals surface area (Å²) in [5, 5.41) is 3.29. The second kappa shape index (κ2) is 11.5. The molecule has 0 bridgehead atoms. The first-order valence-electron chi connectivity index (χ1n) is 10.7. The maximum Gasteiger partial charge on any atom is 0.416 e. The molecule has 0 radical (unpaired) electrons. The van der Waals surface area contributed by atoms with Crippen molar-refractivity contribution in [3.05, 3.63) is 75.3 Å². The molecule has 0 unspecified atom stereocenters. The van der Waals surface area contributed by atoms with Gasteiger partial charge in [-0.05, 0) is 43.5 Å². The summed E-state index contributed by atoms with van der Waals surface area (Å²) in [4.78, 5) is 17.0. The maximum absolute atomic E-state index is 12.7. The Labute approximate surface area is 210 Å². The lowest BCUT2D eigenvalue weighted by atomic mass is 10.0. The Kier molecular flexibility index (Phi) is 8.92. The zero-order valence-electron chi connectivity index (χ0n) is 18.7. The molecule has 35 heavy (non-hydrogen) atoms. The van der Waals surface area contributed by atoms with Gasteiger partial charge in [0.15, 0.2) is 5.13 Å². The molecule has 12 heteroatoms. The summed E-state index contributed by atoms with van der Waals surface area (Å²) in [5.41, 5.74) is 0.528. The summed E-state index contributed by atoms with van der Waals surface area (Å²) in [5.74, 6) is -0.0749. The number of aromatic nitrogens is 1. The lowest BCUT2D eigenvalue weighted by molar-refractivity contribution is -0.137. The summed E-state index contributed by atoms with van der Waals surface area (Å²) < 4.78 is 65.2. The van der Waals surface area contributed by atoms with Crippen molar-refractivity contribution >= 4 is 43.9 Å². The van der Waals surface area contributed by atoms with E-state index in [0.717, 1.165) is 18.1 Å². The molecule has 0 saturated carbocycles. The quantitative estimate of drug-likeness (QED) is 0.231. The number of hydrogen-bond donors (Lipinski definition) is 2. The number of halogens is 4. The Morgan fingerprint density at radius 2 is 1.80 bits per heavy atom. The highest BCUT2D eigenvalue weighted by atomic mass is 35.5. The molecule has 0 spiro atoms. The van der Waals surface area contributed by atoms with E-state index in [1.54, 1.807) is 12.3 Å². The minimum Gasteiger partial charge on any atom is -0.362 e. The van der Waals surface area contributed by atoms with E-state index in [0.29, 0.717) is 47.1 Å². The molecule has 0 fully saturated rings. The fraction of sp³-hybridized carbons (Fsp3) is 0.304. The van der Waals surface area contributed by atoms with Crippen LogP contribution in [0.5, 0.6) is 0 Å². The zero-order chi connectivity index (χ0) is 25.6. The number of thiazole rings is 1. The largest absolute Gasteiger partial charge is 0.416 e. The van der Waals surface area contributed by atoms with Crippen molar-refractivity contribution in [1.82, 2.24) is 9.71 Å². The van der Waals surface area contributed by atoms with Crippen molar-refractivity contribution in [2.75, 3.05) is 18.4 Å². The first kappa shape index (κ1) is 27.1. The molecule has 6 nitrogen and oxygen atoms in total. The summed E-state index contributed by atoms with van der Waals surface area (Å²) in [6.07, 6.45) is -1.12. The van der Waals surface area contributed by atoms with E-state index < -0.39 is 31.7 Å². The van der Waals surface area contributed by atoms with Crippen LogP contribution in [0.2, 0.25) is 5.02 Å². The molecule has 1 aromatic heterocycles. The van der Waals surface area contributed by atoms with E-state index in [4.69, 9.17) is 11.6 Å². The van der Waals surface area contributed by atoms with Gasteiger partial charge < -0.3 is 5.32 Å². The smallest absolute Gasteiger partial charge is 0.362 e. The van der Waals surface area contributed by atoms with Gasteiger partial charge in [0.25, 0.3) is 0 Å². The summed E-state index contributed by atoms with van der Waals surface area (Å²) in [7, 11) is -4.03. The topological polar surface area (TPSA) is 88.2 Å². The van der Waals surface area contributed by atoms with Gasteiger partial charge in [0, 0.05) is 18.7 Å². The minimum atomic E-state index is -4.61. The third-order valence-corrected chi connectivity index (χ3v) is 7.99.